The minimum absolute atomic E-state index is 0.0327. The van der Waals surface area contributed by atoms with Gasteiger partial charge in [-0.3, -0.25) is 14.2 Å². The molecule has 8 nitrogen and oxygen atoms in total. The molecule has 8 heteroatoms. The number of benzene rings is 2. The SMILES string of the molecule is CCC(=O)c1ccc(OCC(=O)OCCCn2c(=O)[nH]c3ccccc3c2=O)cc1. The number of carbonyl (C=O) groups excluding carboxylic acids is 2. The Hall–Kier alpha value is -3.68. The Morgan fingerprint density at radius 2 is 1.77 bits per heavy atom. The van der Waals surface area contributed by atoms with Gasteiger partial charge >= 0.3 is 11.7 Å². The number of nitrogens with zero attached hydrogens (tertiary/aromatic N) is 1. The first-order valence-electron chi connectivity index (χ1n) is 9.63. The zero-order valence-electron chi connectivity index (χ0n) is 16.6. The number of aromatic nitrogens is 2. The zero-order valence-corrected chi connectivity index (χ0v) is 16.6. The average Bonchev–Trinajstić information content (AvgIpc) is 2.76. The lowest BCUT2D eigenvalue weighted by molar-refractivity contribution is -0.146. The van der Waals surface area contributed by atoms with Crippen LogP contribution in [-0.2, 0) is 16.1 Å². The van der Waals surface area contributed by atoms with Gasteiger partial charge in [-0.05, 0) is 42.8 Å². The molecule has 3 aromatic rings. The third-order valence-corrected chi connectivity index (χ3v) is 4.53. The summed E-state index contributed by atoms with van der Waals surface area (Å²) in [7, 11) is 0. The van der Waals surface area contributed by atoms with Crippen molar-refractivity contribution in [3.8, 4) is 5.75 Å². The number of nitrogens with one attached hydrogen (secondary N) is 1. The Morgan fingerprint density at radius 3 is 2.50 bits per heavy atom. The molecule has 1 aromatic heterocycles. The largest absolute Gasteiger partial charge is 0.482 e. The van der Waals surface area contributed by atoms with E-state index >= 15 is 0 Å². The number of hydrogen-bond acceptors (Lipinski definition) is 6. The van der Waals surface area contributed by atoms with E-state index in [4.69, 9.17) is 9.47 Å². The molecule has 0 spiro atoms. The van der Waals surface area contributed by atoms with Gasteiger partial charge in [-0.2, -0.15) is 0 Å². The quantitative estimate of drug-likeness (QED) is 0.329. The fourth-order valence-corrected chi connectivity index (χ4v) is 2.94. The monoisotopic (exact) mass is 410 g/mol. The summed E-state index contributed by atoms with van der Waals surface area (Å²) in [6.45, 7) is 1.68. The molecule has 0 aliphatic rings. The number of aromatic amines is 1. The van der Waals surface area contributed by atoms with Crippen LogP contribution in [0.2, 0.25) is 0 Å². The Kier molecular flexibility index (Phi) is 6.79. The zero-order chi connectivity index (χ0) is 21.5. The molecule has 1 heterocycles. The van der Waals surface area contributed by atoms with E-state index in [-0.39, 0.29) is 31.1 Å². The number of esters is 1. The topological polar surface area (TPSA) is 107 Å². The summed E-state index contributed by atoms with van der Waals surface area (Å²) in [6.07, 6.45) is 0.727. The van der Waals surface area contributed by atoms with Crippen LogP contribution < -0.4 is 16.0 Å². The highest BCUT2D eigenvalue weighted by Gasteiger charge is 2.09. The third kappa shape index (κ3) is 5.02. The maximum Gasteiger partial charge on any atom is 0.344 e. The van der Waals surface area contributed by atoms with Gasteiger partial charge in [0.1, 0.15) is 5.75 Å². The number of carbonyl (C=O) groups is 2. The van der Waals surface area contributed by atoms with Crippen LogP contribution in [0.3, 0.4) is 0 Å². The van der Waals surface area contributed by atoms with Gasteiger partial charge in [0.15, 0.2) is 12.4 Å². The van der Waals surface area contributed by atoms with Gasteiger partial charge in [0.25, 0.3) is 5.56 Å². The second-order valence-electron chi connectivity index (χ2n) is 6.60. The highest BCUT2D eigenvalue weighted by atomic mass is 16.6. The first kappa shape index (κ1) is 21.0. The second-order valence-corrected chi connectivity index (χ2v) is 6.60. The lowest BCUT2D eigenvalue weighted by Gasteiger charge is -2.09. The number of rotatable bonds is 9. The smallest absolute Gasteiger partial charge is 0.344 e. The molecule has 3 rings (SSSR count). The van der Waals surface area contributed by atoms with Crippen LogP contribution in [0.5, 0.6) is 5.75 Å². The molecule has 0 fully saturated rings. The molecule has 1 N–H and O–H groups in total. The Balaban J connectivity index is 1.46. The number of ketones is 1. The molecule has 0 unspecified atom stereocenters. The van der Waals surface area contributed by atoms with Crippen molar-refractivity contribution in [2.24, 2.45) is 0 Å². The van der Waals surface area contributed by atoms with Gasteiger partial charge in [-0.1, -0.05) is 19.1 Å². The van der Waals surface area contributed by atoms with Gasteiger partial charge in [0.05, 0.1) is 17.5 Å². The minimum Gasteiger partial charge on any atom is -0.482 e. The van der Waals surface area contributed by atoms with Crippen LogP contribution in [0.1, 0.15) is 30.1 Å². The lowest BCUT2D eigenvalue weighted by Crippen LogP contribution is -2.35. The fraction of sp³-hybridized carbons (Fsp3) is 0.273. The number of para-hydroxylation sites is 1. The molecular formula is C22H22N2O6. The van der Waals surface area contributed by atoms with Crippen molar-refractivity contribution in [1.82, 2.24) is 9.55 Å². The maximum atomic E-state index is 12.4. The molecule has 0 radical (unpaired) electrons. The normalized spacial score (nSPS) is 10.7. The predicted molar refractivity (Wildman–Crippen MR) is 111 cm³/mol. The van der Waals surface area contributed by atoms with Gasteiger partial charge in [0.2, 0.25) is 0 Å². The van der Waals surface area contributed by atoms with Gasteiger partial charge in [-0.25, -0.2) is 9.59 Å². The van der Waals surface area contributed by atoms with Crippen molar-refractivity contribution < 1.29 is 19.1 Å². The molecule has 0 amide bonds. The minimum atomic E-state index is -0.566. The van der Waals surface area contributed by atoms with Crippen LogP contribution in [0.15, 0.2) is 58.1 Å². The summed E-state index contributed by atoms with van der Waals surface area (Å²) < 4.78 is 11.5. The number of H-pyrrole nitrogens is 1. The lowest BCUT2D eigenvalue weighted by atomic mass is 10.1. The highest BCUT2D eigenvalue weighted by molar-refractivity contribution is 5.95. The summed E-state index contributed by atoms with van der Waals surface area (Å²) in [6, 6.07) is 13.3. The molecule has 30 heavy (non-hydrogen) atoms. The van der Waals surface area contributed by atoms with Crippen LogP contribution in [0, 0.1) is 0 Å². The van der Waals surface area contributed by atoms with Gasteiger partial charge in [-0.15, -0.1) is 0 Å². The van der Waals surface area contributed by atoms with Crippen molar-refractivity contribution in [1.29, 1.82) is 0 Å². The molecule has 2 aromatic carbocycles. The molecule has 0 bridgehead atoms. The van der Waals surface area contributed by atoms with Crippen molar-refractivity contribution in [3.63, 3.8) is 0 Å². The third-order valence-electron chi connectivity index (χ3n) is 4.53. The van der Waals surface area contributed by atoms with Crippen molar-refractivity contribution in [2.75, 3.05) is 13.2 Å². The first-order valence-corrected chi connectivity index (χ1v) is 9.63. The van der Waals surface area contributed by atoms with Crippen molar-refractivity contribution in [3.05, 3.63) is 74.9 Å². The maximum absolute atomic E-state index is 12.4. The highest BCUT2D eigenvalue weighted by Crippen LogP contribution is 2.13. The summed E-state index contributed by atoms with van der Waals surface area (Å²) in [5.41, 5.74) is 0.193. The summed E-state index contributed by atoms with van der Waals surface area (Å²) in [5, 5.41) is 0.425. The van der Waals surface area contributed by atoms with Gasteiger partial charge < -0.3 is 14.5 Å². The predicted octanol–water partition coefficient (Wildman–Crippen LogP) is 2.29. The summed E-state index contributed by atoms with van der Waals surface area (Å²) in [4.78, 5) is 50.6. The van der Waals surface area contributed by atoms with E-state index in [1.54, 1.807) is 55.5 Å². The van der Waals surface area contributed by atoms with Crippen molar-refractivity contribution in [2.45, 2.75) is 26.3 Å². The van der Waals surface area contributed by atoms with Crippen LogP contribution >= 0.6 is 0 Å². The standard InChI is InChI=1S/C22H22N2O6/c1-2-19(25)15-8-10-16(11-9-15)30-14-20(26)29-13-5-12-24-21(27)17-6-3-4-7-18(17)23-22(24)28/h3-4,6-11H,2,5,12-14H2,1H3,(H,23,28). The average molecular weight is 410 g/mol. The van der Waals surface area contributed by atoms with E-state index < -0.39 is 11.7 Å². The van der Waals surface area contributed by atoms with E-state index in [1.807, 2.05) is 0 Å². The van der Waals surface area contributed by atoms with E-state index in [0.717, 1.165) is 4.57 Å². The Bertz CT molecular complexity index is 1160. The van der Waals surface area contributed by atoms with E-state index in [2.05, 4.69) is 4.98 Å². The first-order chi connectivity index (χ1) is 14.5. The van der Waals surface area contributed by atoms with Crippen LogP contribution in [0.4, 0.5) is 0 Å². The molecule has 156 valence electrons. The Labute approximate surface area is 172 Å². The number of ether oxygens (including phenoxy) is 2. The van der Waals surface area contributed by atoms with Crippen LogP contribution in [0.25, 0.3) is 10.9 Å². The van der Waals surface area contributed by atoms with E-state index in [1.165, 1.54) is 0 Å². The number of fused-ring (bicyclic) bond motifs is 1. The van der Waals surface area contributed by atoms with E-state index in [0.29, 0.717) is 35.1 Å². The van der Waals surface area contributed by atoms with Crippen molar-refractivity contribution >= 4 is 22.7 Å². The summed E-state index contributed by atoms with van der Waals surface area (Å²) in [5.74, 6) is -0.0809. The summed E-state index contributed by atoms with van der Waals surface area (Å²) >= 11 is 0. The molecule has 0 aliphatic heterocycles. The van der Waals surface area contributed by atoms with Gasteiger partial charge in [0, 0.05) is 18.5 Å². The second kappa shape index (κ2) is 9.69. The van der Waals surface area contributed by atoms with E-state index in [9.17, 15) is 19.2 Å². The molecule has 0 saturated heterocycles. The number of Topliss-reactive ketones (excluding diaryl/α,β-unsaturated/α-hetero) is 1. The molecule has 0 atom stereocenters. The molecule has 0 saturated carbocycles. The molecular weight excluding hydrogens is 388 g/mol. The molecule has 0 aliphatic carbocycles. The fourth-order valence-electron chi connectivity index (χ4n) is 2.94. The Morgan fingerprint density at radius 1 is 1.03 bits per heavy atom. The number of hydrogen-bond donors (Lipinski definition) is 1. The van der Waals surface area contributed by atoms with Crippen LogP contribution in [-0.4, -0.2) is 34.5 Å².